The number of aryl methyl sites for hydroxylation is 2. The van der Waals surface area contributed by atoms with E-state index in [0.717, 1.165) is 28.8 Å². The molecule has 0 spiro atoms. The second kappa shape index (κ2) is 4.74. The Morgan fingerprint density at radius 1 is 1.38 bits per heavy atom. The Hall–Kier alpha value is -1.23. The van der Waals surface area contributed by atoms with Crippen molar-refractivity contribution >= 4 is 15.9 Å². The van der Waals surface area contributed by atoms with Gasteiger partial charge >= 0.3 is 0 Å². The SMILES string of the molecule is CCCc1nnnn1-c1cc(C)ccc1Br. The molecule has 0 radical (unpaired) electrons. The first kappa shape index (κ1) is 11.3. The van der Waals surface area contributed by atoms with Crippen molar-refractivity contribution in [1.82, 2.24) is 20.2 Å². The zero-order valence-corrected chi connectivity index (χ0v) is 10.9. The molecule has 4 nitrogen and oxygen atoms in total. The van der Waals surface area contributed by atoms with Crippen molar-refractivity contribution in [3.05, 3.63) is 34.1 Å². The first-order valence-electron chi connectivity index (χ1n) is 5.26. The predicted molar refractivity (Wildman–Crippen MR) is 65.6 cm³/mol. The number of aromatic nitrogens is 4. The van der Waals surface area contributed by atoms with E-state index in [4.69, 9.17) is 0 Å². The average Bonchev–Trinajstić information content (AvgIpc) is 2.70. The van der Waals surface area contributed by atoms with Gasteiger partial charge in [0.1, 0.15) is 0 Å². The summed E-state index contributed by atoms with van der Waals surface area (Å²) in [6.07, 6.45) is 1.91. The Balaban J connectivity index is 2.49. The van der Waals surface area contributed by atoms with Crippen molar-refractivity contribution in [1.29, 1.82) is 0 Å². The highest BCUT2D eigenvalue weighted by Gasteiger charge is 2.10. The molecule has 0 amide bonds. The Morgan fingerprint density at radius 3 is 2.94 bits per heavy atom. The average molecular weight is 281 g/mol. The quantitative estimate of drug-likeness (QED) is 0.868. The summed E-state index contributed by atoms with van der Waals surface area (Å²) in [5.41, 5.74) is 2.18. The molecule has 0 fully saturated rings. The molecule has 0 N–H and O–H groups in total. The minimum Gasteiger partial charge on any atom is -0.196 e. The van der Waals surface area contributed by atoms with Crippen LogP contribution < -0.4 is 0 Å². The molecular formula is C11H13BrN4. The molecule has 0 bridgehead atoms. The maximum atomic E-state index is 4.03. The Kier molecular flexibility index (Phi) is 3.33. The molecule has 0 unspecified atom stereocenters. The van der Waals surface area contributed by atoms with E-state index in [9.17, 15) is 0 Å². The molecule has 1 aromatic heterocycles. The summed E-state index contributed by atoms with van der Waals surface area (Å²) >= 11 is 3.52. The summed E-state index contributed by atoms with van der Waals surface area (Å²) in [6.45, 7) is 4.17. The zero-order chi connectivity index (χ0) is 11.5. The fraction of sp³-hybridized carbons (Fsp3) is 0.364. The van der Waals surface area contributed by atoms with Gasteiger partial charge in [-0.1, -0.05) is 13.0 Å². The number of nitrogens with zero attached hydrogens (tertiary/aromatic N) is 4. The summed E-state index contributed by atoms with van der Waals surface area (Å²) in [4.78, 5) is 0. The number of rotatable bonds is 3. The molecule has 0 atom stereocenters. The van der Waals surface area contributed by atoms with Crippen LogP contribution in [0, 0.1) is 6.92 Å². The van der Waals surface area contributed by atoms with Crippen LogP contribution in [0.15, 0.2) is 22.7 Å². The van der Waals surface area contributed by atoms with Gasteiger partial charge in [0.15, 0.2) is 5.82 Å². The molecule has 0 saturated carbocycles. The van der Waals surface area contributed by atoms with Gasteiger partial charge in [0, 0.05) is 10.9 Å². The molecule has 0 aliphatic carbocycles. The molecule has 2 aromatic rings. The van der Waals surface area contributed by atoms with Gasteiger partial charge in [0.2, 0.25) is 0 Å². The lowest BCUT2D eigenvalue weighted by Gasteiger charge is -2.07. The first-order chi connectivity index (χ1) is 7.72. The molecule has 0 aliphatic heterocycles. The van der Waals surface area contributed by atoms with Gasteiger partial charge in [-0.2, -0.15) is 4.68 Å². The third-order valence-corrected chi connectivity index (χ3v) is 3.01. The van der Waals surface area contributed by atoms with E-state index in [1.54, 1.807) is 4.68 Å². The van der Waals surface area contributed by atoms with E-state index >= 15 is 0 Å². The first-order valence-corrected chi connectivity index (χ1v) is 6.05. The topological polar surface area (TPSA) is 43.6 Å². The van der Waals surface area contributed by atoms with Crippen LogP contribution in [-0.4, -0.2) is 20.2 Å². The van der Waals surface area contributed by atoms with E-state index in [-0.39, 0.29) is 0 Å². The number of hydrogen-bond donors (Lipinski definition) is 0. The molecule has 1 heterocycles. The largest absolute Gasteiger partial charge is 0.196 e. The highest BCUT2D eigenvalue weighted by atomic mass is 79.9. The van der Waals surface area contributed by atoms with Crippen LogP contribution in [0.25, 0.3) is 5.69 Å². The predicted octanol–water partition coefficient (Wildman–Crippen LogP) is 2.69. The Bertz CT molecular complexity index is 492. The summed E-state index contributed by atoms with van der Waals surface area (Å²) in [7, 11) is 0. The zero-order valence-electron chi connectivity index (χ0n) is 9.31. The van der Waals surface area contributed by atoms with E-state index in [1.165, 1.54) is 5.56 Å². The van der Waals surface area contributed by atoms with Crippen molar-refractivity contribution in [2.75, 3.05) is 0 Å². The third-order valence-electron chi connectivity index (χ3n) is 2.34. The minimum absolute atomic E-state index is 0.882. The number of tetrazole rings is 1. The fourth-order valence-electron chi connectivity index (χ4n) is 1.56. The lowest BCUT2D eigenvalue weighted by Crippen LogP contribution is -2.04. The second-order valence-electron chi connectivity index (χ2n) is 3.71. The highest BCUT2D eigenvalue weighted by Crippen LogP contribution is 2.22. The van der Waals surface area contributed by atoms with Crippen LogP contribution in [0.4, 0.5) is 0 Å². The van der Waals surface area contributed by atoms with Crippen LogP contribution >= 0.6 is 15.9 Å². The number of halogens is 1. The molecule has 5 heteroatoms. The van der Waals surface area contributed by atoms with Gasteiger partial charge < -0.3 is 0 Å². The Morgan fingerprint density at radius 2 is 2.19 bits per heavy atom. The molecule has 1 aromatic carbocycles. The van der Waals surface area contributed by atoms with Gasteiger partial charge in [-0.05, 0) is 57.4 Å². The fourth-order valence-corrected chi connectivity index (χ4v) is 1.97. The standard InChI is InChI=1S/C11H13BrN4/c1-3-4-11-13-14-15-16(11)10-7-8(2)5-6-9(10)12/h5-7H,3-4H2,1-2H3. The van der Waals surface area contributed by atoms with Gasteiger partial charge in [-0.25, -0.2) is 0 Å². The van der Waals surface area contributed by atoms with Crippen molar-refractivity contribution < 1.29 is 0 Å². The molecule has 0 saturated heterocycles. The summed E-state index contributed by atoms with van der Waals surface area (Å²) in [5.74, 6) is 0.897. The Labute approximate surface area is 103 Å². The van der Waals surface area contributed by atoms with Gasteiger partial charge in [-0.15, -0.1) is 5.10 Å². The van der Waals surface area contributed by atoms with Crippen LogP contribution in [0.5, 0.6) is 0 Å². The summed E-state index contributed by atoms with van der Waals surface area (Å²) in [5, 5.41) is 11.8. The van der Waals surface area contributed by atoms with E-state index in [2.05, 4.69) is 57.4 Å². The van der Waals surface area contributed by atoms with E-state index < -0.39 is 0 Å². The second-order valence-corrected chi connectivity index (χ2v) is 4.57. The third kappa shape index (κ3) is 2.14. The van der Waals surface area contributed by atoms with E-state index in [0.29, 0.717) is 0 Å². The lowest BCUT2D eigenvalue weighted by molar-refractivity contribution is 0.742. The van der Waals surface area contributed by atoms with Crippen molar-refractivity contribution in [3.8, 4) is 5.69 Å². The van der Waals surface area contributed by atoms with Gasteiger partial charge in [0.05, 0.1) is 5.69 Å². The van der Waals surface area contributed by atoms with E-state index in [1.807, 2.05) is 6.07 Å². The summed E-state index contributed by atoms with van der Waals surface area (Å²) < 4.78 is 2.79. The van der Waals surface area contributed by atoms with Crippen LogP contribution in [0.1, 0.15) is 24.7 Å². The van der Waals surface area contributed by atoms with Crippen molar-refractivity contribution in [2.45, 2.75) is 26.7 Å². The molecule has 84 valence electrons. The van der Waals surface area contributed by atoms with Crippen LogP contribution in [0.2, 0.25) is 0 Å². The van der Waals surface area contributed by atoms with Crippen LogP contribution in [-0.2, 0) is 6.42 Å². The molecule has 2 rings (SSSR count). The number of benzene rings is 1. The monoisotopic (exact) mass is 280 g/mol. The highest BCUT2D eigenvalue weighted by molar-refractivity contribution is 9.10. The maximum Gasteiger partial charge on any atom is 0.156 e. The van der Waals surface area contributed by atoms with Crippen molar-refractivity contribution in [3.63, 3.8) is 0 Å². The summed E-state index contributed by atoms with van der Waals surface area (Å²) in [6, 6.07) is 6.14. The van der Waals surface area contributed by atoms with Crippen LogP contribution in [0.3, 0.4) is 0 Å². The number of hydrogen-bond acceptors (Lipinski definition) is 3. The van der Waals surface area contributed by atoms with Gasteiger partial charge in [-0.3, -0.25) is 0 Å². The van der Waals surface area contributed by atoms with Gasteiger partial charge in [0.25, 0.3) is 0 Å². The molecular weight excluding hydrogens is 268 g/mol. The smallest absolute Gasteiger partial charge is 0.156 e. The lowest BCUT2D eigenvalue weighted by atomic mass is 10.2. The van der Waals surface area contributed by atoms with Crippen molar-refractivity contribution in [2.24, 2.45) is 0 Å². The minimum atomic E-state index is 0.882. The molecule has 0 aliphatic rings. The maximum absolute atomic E-state index is 4.03. The molecule has 16 heavy (non-hydrogen) atoms. The normalized spacial score (nSPS) is 10.7.